The van der Waals surface area contributed by atoms with Crippen LogP contribution in [0.1, 0.15) is 43.1 Å². The van der Waals surface area contributed by atoms with Gasteiger partial charge in [-0.25, -0.2) is 0 Å². The van der Waals surface area contributed by atoms with Crippen LogP contribution in [-0.2, 0) is 5.66 Å². The number of hydrogen-bond donors (Lipinski definition) is 1. The number of carbonyl (C=O) groups excluding carboxylic acids is 1. The van der Waals surface area contributed by atoms with Gasteiger partial charge in [-0.1, -0.05) is 63.2 Å². The minimum atomic E-state index is -0.511. The van der Waals surface area contributed by atoms with Gasteiger partial charge < -0.3 is 10.2 Å². The van der Waals surface area contributed by atoms with Crippen LogP contribution in [0.5, 0.6) is 0 Å². The van der Waals surface area contributed by atoms with E-state index in [-0.39, 0.29) is 11.8 Å². The number of fused-ring (bicyclic) bond motifs is 1. The van der Waals surface area contributed by atoms with Gasteiger partial charge in [0.1, 0.15) is 5.66 Å². The summed E-state index contributed by atoms with van der Waals surface area (Å²) in [5.41, 5.74) is 2.30. The molecule has 1 amide bonds. The molecule has 1 atom stereocenters. The van der Waals surface area contributed by atoms with E-state index in [9.17, 15) is 4.79 Å². The Hall–Kier alpha value is -2.29. The average molecular weight is 308 g/mol. The van der Waals surface area contributed by atoms with Crippen molar-refractivity contribution in [3.8, 4) is 0 Å². The number of amides is 1. The minimum Gasteiger partial charge on any atom is -0.358 e. The number of benzene rings is 2. The largest absolute Gasteiger partial charge is 0.358 e. The van der Waals surface area contributed by atoms with Crippen molar-refractivity contribution in [1.29, 1.82) is 0 Å². The van der Waals surface area contributed by atoms with Crippen LogP contribution >= 0.6 is 0 Å². The molecule has 1 N–H and O–H groups in total. The molecule has 0 radical (unpaired) electrons. The lowest BCUT2D eigenvalue weighted by Crippen LogP contribution is -2.60. The molecule has 3 rings (SSSR count). The predicted molar refractivity (Wildman–Crippen MR) is 94.4 cm³/mol. The zero-order chi connectivity index (χ0) is 16.4. The lowest BCUT2D eigenvalue weighted by Gasteiger charge is -2.51. The second kappa shape index (κ2) is 6.07. The molecule has 0 fully saturated rings. The third-order valence-electron chi connectivity index (χ3n) is 4.65. The van der Waals surface area contributed by atoms with Gasteiger partial charge >= 0.3 is 0 Å². The maximum absolute atomic E-state index is 13.2. The van der Waals surface area contributed by atoms with Crippen molar-refractivity contribution in [1.82, 2.24) is 4.90 Å². The van der Waals surface area contributed by atoms with Crippen LogP contribution in [0.4, 0.5) is 5.69 Å². The molecular weight excluding hydrogens is 284 g/mol. The normalized spacial score (nSPS) is 20.3. The third-order valence-corrected chi connectivity index (χ3v) is 4.65. The number of anilines is 1. The van der Waals surface area contributed by atoms with E-state index in [0.717, 1.165) is 29.8 Å². The standard InChI is InChI=1S/C20H24N2O/c1-4-14-22-19(23)17-12-8-9-13-18(17)21-20(22,15(2)3)16-10-6-5-7-11-16/h5-13,15,21H,4,14H2,1-3H3. The predicted octanol–water partition coefficient (Wildman–Crippen LogP) is 4.47. The van der Waals surface area contributed by atoms with Crippen molar-refractivity contribution in [3.05, 3.63) is 65.7 Å². The monoisotopic (exact) mass is 308 g/mol. The number of nitrogens with zero attached hydrogens (tertiary/aromatic N) is 1. The summed E-state index contributed by atoms with van der Waals surface area (Å²) in [6, 6.07) is 18.1. The molecule has 1 heterocycles. The van der Waals surface area contributed by atoms with E-state index in [0.29, 0.717) is 0 Å². The Bertz CT molecular complexity index is 696. The number of carbonyl (C=O) groups is 1. The fraction of sp³-hybridized carbons (Fsp3) is 0.350. The summed E-state index contributed by atoms with van der Waals surface area (Å²) in [6.07, 6.45) is 0.927. The van der Waals surface area contributed by atoms with Crippen molar-refractivity contribution in [2.24, 2.45) is 5.92 Å². The topological polar surface area (TPSA) is 32.3 Å². The van der Waals surface area contributed by atoms with Gasteiger partial charge in [0.15, 0.2) is 0 Å². The van der Waals surface area contributed by atoms with Crippen molar-refractivity contribution in [3.63, 3.8) is 0 Å². The molecule has 2 aromatic rings. The van der Waals surface area contributed by atoms with Crippen molar-refractivity contribution in [2.45, 2.75) is 32.9 Å². The lowest BCUT2D eigenvalue weighted by molar-refractivity contribution is 0.0357. The highest BCUT2D eigenvalue weighted by Gasteiger charge is 2.47. The molecule has 0 spiro atoms. The van der Waals surface area contributed by atoms with Gasteiger partial charge in [-0.3, -0.25) is 4.79 Å². The van der Waals surface area contributed by atoms with Crippen LogP contribution in [0.25, 0.3) is 0 Å². The molecule has 0 saturated heterocycles. The molecule has 0 bridgehead atoms. The summed E-state index contributed by atoms with van der Waals surface area (Å²) in [4.78, 5) is 15.2. The molecule has 3 heteroatoms. The SMILES string of the molecule is CCCN1C(=O)c2ccccc2NC1(c1ccccc1)C(C)C. The Balaban J connectivity index is 2.22. The Kier molecular flexibility index (Phi) is 4.12. The molecule has 120 valence electrons. The Morgan fingerprint density at radius 1 is 1.04 bits per heavy atom. The van der Waals surface area contributed by atoms with Gasteiger partial charge in [-0.05, 0) is 30.0 Å². The highest BCUT2D eigenvalue weighted by atomic mass is 16.2. The summed E-state index contributed by atoms with van der Waals surface area (Å²) in [7, 11) is 0. The number of rotatable bonds is 4. The van der Waals surface area contributed by atoms with E-state index in [4.69, 9.17) is 0 Å². The van der Waals surface area contributed by atoms with Crippen molar-refractivity contribution < 1.29 is 4.79 Å². The van der Waals surface area contributed by atoms with E-state index in [1.807, 2.05) is 47.4 Å². The quantitative estimate of drug-likeness (QED) is 0.903. The van der Waals surface area contributed by atoms with Gasteiger partial charge in [0, 0.05) is 12.2 Å². The number of hydrogen-bond acceptors (Lipinski definition) is 2. The van der Waals surface area contributed by atoms with Gasteiger partial charge in [0.2, 0.25) is 0 Å². The van der Waals surface area contributed by atoms with Crippen molar-refractivity contribution >= 4 is 11.6 Å². The van der Waals surface area contributed by atoms with Crippen LogP contribution < -0.4 is 5.32 Å². The zero-order valence-electron chi connectivity index (χ0n) is 14.0. The zero-order valence-corrected chi connectivity index (χ0v) is 14.0. The molecule has 3 nitrogen and oxygen atoms in total. The van der Waals surface area contributed by atoms with E-state index < -0.39 is 5.66 Å². The smallest absolute Gasteiger partial charge is 0.258 e. The van der Waals surface area contributed by atoms with Crippen LogP contribution in [-0.4, -0.2) is 17.4 Å². The first-order valence-electron chi connectivity index (χ1n) is 8.36. The third kappa shape index (κ3) is 2.40. The second-order valence-corrected chi connectivity index (χ2v) is 6.41. The molecule has 1 aliphatic rings. The van der Waals surface area contributed by atoms with E-state index >= 15 is 0 Å². The Morgan fingerprint density at radius 3 is 2.35 bits per heavy atom. The van der Waals surface area contributed by atoms with Gasteiger partial charge in [0.05, 0.1) is 5.56 Å². The van der Waals surface area contributed by atoms with Crippen LogP contribution in [0.3, 0.4) is 0 Å². The molecule has 1 unspecified atom stereocenters. The number of nitrogens with one attached hydrogen (secondary N) is 1. The fourth-order valence-electron chi connectivity index (χ4n) is 3.57. The van der Waals surface area contributed by atoms with Crippen LogP contribution in [0, 0.1) is 5.92 Å². The molecular formula is C20H24N2O. The molecule has 0 saturated carbocycles. The summed E-state index contributed by atoms with van der Waals surface area (Å²) in [6.45, 7) is 7.19. The molecule has 0 aliphatic carbocycles. The van der Waals surface area contributed by atoms with Gasteiger partial charge in [-0.2, -0.15) is 0 Å². The molecule has 0 aromatic heterocycles. The van der Waals surface area contributed by atoms with E-state index in [2.05, 4.69) is 38.2 Å². The highest BCUT2D eigenvalue weighted by molar-refractivity contribution is 6.02. The summed E-state index contributed by atoms with van der Waals surface area (Å²) >= 11 is 0. The summed E-state index contributed by atoms with van der Waals surface area (Å²) in [5.74, 6) is 0.340. The fourth-order valence-corrected chi connectivity index (χ4v) is 3.57. The van der Waals surface area contributed by atoms with E-state index in [1.165, 1.54) is 0 Å². The highest BCUT2D eigenvalue weighted by Crippen LogP contribution is 2.42. The second-order valence-electron chi connectivity index (χ2n) is 6.41. The molecule has 23 heavy (non-hydrogen) atoms. The maximum Gasteiger partial charge on any atom is 0.258 e. The first-order valence-corrected chi connectivity index (χ1v) is 8.36. The van der Waals surface area contributed by atoms with Crippen LogP contribution in [0.15, 0.2) is 54.6 Å². The Morgan fingerprint density at radius 2 is 1.70 bits per heavy atom. The average Bonchev–Trinajstić information content (AvgIpc) is 2.58. The number of para-hydroxylation sites is 1. The first-order chi connectivity index (χ1) is 11.1. The summed E-state index contributed by atoms with van der Waals surface area (Å²) in [5, 5.41) is 3.70. The first kappa shape index (κ1) is 15.6. The lowest BCUT2D eigenvalue weighted by atomic mass is 9.83. The molecule has 1 aliphatic heterocycles. The summed E-state index contributed by atoms with van der Waals surface area (Å²) < 4.78 is 0. The minimum absolute atomic E-state index is 0.110. The van der Waals surface area contributed by atoms with Gasteiger partial charge in [0.25, 0.3) is 5.91 Å². The maximum atomic E-state index is 13.2. The van der Waals surface area contributed by atoms with Crippen molar-refractivity contribution in [2.75, 3.05) is 11.9 Å². The Labute approximate surface area is 138 Å². The van der Waals surface area contributed by atoms with Gasteiger partial charge in [-0.15, -0.1) is 0 Å². The molecule has 2 aromatic carbocycles. The van der Waals surface area contributed by atoms with Crippen LogP contribution in [0.2, 0.25) is 0 Å². The van der Waals surface area contributed by atoms with E-state index in [1.54, 1.807) is 0 Å².